The standard InChI is InChI=1S/C13H21N5O2S/c14-16-13-12(2-1-5-15-13)21(19,20)18-8-6-17(7-9-18)10-11-3-4-11/h1-2,5,11H,3-4,6-10,14H2,(H,15,16). The Morgan fingerprint density at radius 3 is 2.62 bits per heavy atom. The second-order valence-electron chi connectivity index (χ2n) is 5.64. The Bertz CT molecular complexity index is 594. The molecule has 8 heteroatoms. The maximum Gasteiger partial charge on any atom is 0.246 e. The molecule has 0 atom stereocenters. The van der Waals surface area contributed by atoms with Crippen molar-refractivity contribution >= 4 is 15.8 Å². The Morgan fingerprint density at radius 2 is 2.00 bits per heavy atom. The van der Waals surface area contributed by atoms with Gasteiger partial charge in [0.25, 0.3) is 0 Å². The van der Waals surface area contributed by atoms with Gasteiger partial charge in [-0.2, -0.15) is 4.31 Å². The summed E-state index contributed by atoms with van der Waals surface area (Å²) < 4.78 is 26.9. The molecule has 21 heavy (non-hydrogen) atoms. The summed E-state index contributed by atoms with van der Waals surface area (Å²) >= 11 is 0. The van der Waals surface area contributed by atoms with Crippen LogP contribution in [0.5, 0.6) is 0 Å². The number of sulfonamides is 1. The predicted octanol–water partition coefficient (Wildman–Crippen LogP) is 0.0835. The molecule has 2 heterocycles. The molecule has 0 bridgehead atoms. The fourth-order valence-corrected chi connectivity index (χ4v) is 4.19. The van der Waals surface area contributed by atoms with Crippen LogP contribution in [0, 0.1) is 5.92 Å². The van der Waals surface area contributed by atoms with Crippen LogP contribution in [-0.4, -0.2) is 55.3 Å². The number of rotatable bonds is 5. The molecule has 0 spiro atoms. The van der Waals surface area contributed by atoms with Crippen LogP contribution in [0.4, 0.5) is 5.82 Å². The molecule has 1 aromatic heterocycles. The minimum Gasteiger partial charge on any atom is -0.307 e. The van der Waals surface area contributed by atoms with Gasteiger partial charge in [0.2, 0.25) is 10.0 Å². The molecular formula is C13H21N5O2S. The van der Waals surface area contributed by atoms with E-state index in [-0.39, 0.29) is 10.7 Å². The van der Waals surface area contributed by atoms with Gasteiger partial charge < -0.3 is 10.3 Å². The summed E-state index contributed by atoms with van der Waals surface area (Å²) in [5.74, 6) is 6.38. The fraction of sp³-hybridized carbons (Fsp3) is 0.615. The number of nitrogens with one attached hydrogen (secondary N) is 1. The second kappa shape index (κ2) is 5.88. The summed E-state index contributed by atoms with van der Waals surface area (Å²) in [4.78, 5) is 6.47. The number of hydrogen-bond acceptors (Lipinski definition) is 6. The summed E-state index contributed by atoms with van der Waals surface area (Å²) in [5, 5.41) is 0. The zero-order chi connectivity index (χ0) is 14.9. The topological polar surface area (TPSA) is 91.6 Å². The van der Waals surface area contributed by atoms with Crippen molar-refractivity contribution in [3.8, 4) is 0 Å². The van der Waals surface area contributed by atoms with Gasteiger partial charge in [0, 0.05) is 38.9 Å². The fourth-order valence-electron chi connectivity index (χ4n) is 2.66. The molecule has 1 aliphatic heterocycles. The molecule has 0 unspecified atom stereocenters. The lowest BCUT2D eigenvalue weighted by molar-refractivity contribution is 0.182. The van der Waals surface area contributed by atoms with Crippen LogP contribution in [0.25, 0.3) is 0 Å². The molecule has 1 aromatic rings. The normalized spacial score (nSPS) is 21.4. The first kappa shape index (κ1) is 14.7. The van der Waals surface area contributed by atoms with E-state index in [0.29, 0.717) is 13.1 Å². The third-order valence-electron chi connectivity index (χ3n) is 4.07. The first-order valence-electron chi connectivity index (χ1n) is 7.25. The molecule has 116 valence electrons. The van der Waals surface area contributed by atoms with Crippen molar-refractivity contribution in [2.75, 3.05) is 38.1 Å². The molecule has 1 saturated heterocycles. The number of nitrogens with zero attached hydrogens (tertiary/aromatic N) is 3. The van der Waals surface area contributed by atoms with Gasteiger partial charge in [0.1, 0.15) is 4.90 Å². The molecule has 3 N–H and O–H groups in total. The largest absolute Gasteiger partial charge is 0.307 e. The van der Waals surface area contributed by atoms with E-state index in [1.807, 2.05) is 0 Å². The number of piperazine rings is 1. The quantitative estimate of drug-likeness (QED) is 0.591. The van der Waals surface area contributed by atoms with E-state index in [2.05, 4.69) is 15.3 Å². The third-order valence-corrected chi connectivity index (χ3v) is 6.00. The molecular weight excluding hydrogens is 290 g/mol. The van der Waals surface area contributed by atoms with Crippen LogP contribution in [0.2, 0.25) is 0 Å². The van der Waals surface area contributed by atoms with Crippen LogP contribution in [-0.2, 0) is 10.0 Å². The van der Waals surface area contributed by atoms with E-state index in [0.717, 1.165) is 25.6 Å². The van der Waals surface area contributed by atoms with Crippen molar-refractivity contribution in [2.45, 2.75) is 17.7 Å². The highest BCUT2D eigenvalue weighted by atomic mass is 32.2. The van der Waals surface area contributed by atoms with E-state index < -0.39 is 10.0 Å². The number of nitrogens with two attached hydrogens (primary N) is 1. The van der Waals surface area contributed by atoms with E-state index in [1.165, 1.54) is 29.4 Å². The molecule has 1 aliphatic carbocycles. The highest BCUT2D eigenvalue weighted by Crippen LogP contribution is 2.30. The lowest BCUT2D eigenvalue weighted by Gasteiger charge is -2.34. The Labute approximate surface area is 125 Å². The second-order valence-corrected chi connectivity index (χ2v) is 7.55. The SMILES string of the molecule is NNc1ncccc1S(=O)(=O)N1CCN(CC2CC2)CC1. The van der Waals surface area contributed by atoms with Gasteiger partial charge in [-0.1, -0.05) is 0 Å². The average Bonchev–Trinajstić information content (AvgIpc) is 3.32. The smallest absolute Gasteiger partial charge is 0.246 e. The number of anilines is 1. The van der Waals surface area contributed by atoms with E-state index in [9.17, 15) is 8.42 Å². The number of aromatic nitrogens is 1. The minimum atomic E-state index is -3.54. The molecule has 0 radical (unpaired) electrons. The lowest BCUT2D eigenvalue weighted by atomic mass is 10.3. The molecule has 1 saturated carbocycles. The van der Waals surface area contributed by atoms with Crippen molar-refractivity contribution < 1.29 is 8.42 Å². The zero-order valence-corrected chi connectivity index (χ0v) is 12.7. The summed E-state index contributed by atoms with van der Waals surface area (Å²) in [6.45, 7) is 3.74. The number of nitrogen functional groups attached to an aromatic ring is 1. The van der Waals surface area contributed by atoms with Crippen molar-refractivity contribution in [1.82, 2.24) is 14.2 Å². The molecule has 0 aromatic carbocycles. The first-order chi connectivity index (χ1) is 10.1. The zero-order valence-electron chi connectivity index (χ0n) is 11.9. The number of pyridine rings is 1. The Hall–Kier alpha value is -1.22. The van der Waals surface area contributed by atoms with Crippen molar-refractivity contribution in [2.24, 2.45) is 11.8 Å². The lowest BCUT2D eigenvalue weighted by Crippen LogP contribution is -2.49. The number of hydrazine groups is 1. The highest BCUT2D eigenvalue weighted by molar-refractivity contribution is 7.89. The predicted molar refractivity (Wildman–Crippen MR) is 80.0 cm³/mol. The van der Waals surface area contributed by atoms with Gasteiger partial charge in [-0.3, -0.25) is 0 Å². The van der Waals surface area contributed by atoms with Crippen LogP contribution < -0.4 is 11.3 Å². The van der Waals surface area contributed by atoms with E-state index in [1.54, 1.807) is 6.07 Å². The Balaban J connectivity index is 1.70. The third kappa shape index (κ3) is 3.18. The summed E-state index contributed by atoms with van der Waals surface area (Å²) in [6, 6.07) is 3.14. The highest BCUT2D eigenvalue weighted by Gasteiger charge is 2.32. The van der Waals surface area contributed by atoms with Crippen LogP contribution >= 0.6 is 0 Å². The molecule has 0 amide bonds. The molecule has 7 nitrogen and oxygen atoms in total. The van der Waals surface area contributed by atoms with Crippen LogP contribution in [0.3, 0.4) is 0 Å². The van der Waals surface area contributed by atoms with E-state index in [4.69, 9.17) is 5.84 Å². The maximum atomic E-state index is 12.7. The van der Waals surface area contributed by atoms with Crippen LogP contribution in [0.1, 0.15) is 12.8 Å². The average molecular weight is 311 g/mol. The molecule has 2 fully saturated rings. The van der Waals surface area contributed by atoms with Gasteiger partial charge in [-0.05, 0) is 30.9 Å². The molecule has 3 rings (SSSR count). The Morgan fingerprint density at radius 1 is 1.29 bits per heavy atom. The van der Waals surface area contributed by atoms with Crippen LogP contribution in [0.15, 0.2) is 23.2 Å². The summed E-state index contributed by atoms with van der Waals surface area (Å²) in [6.07, 6.45) is 4.15. The van der Waals surface area contributed by atoms with E-state index >= 15 is 0 Å². The van der Waals surface area contributed by atoms with Crippen molar-refractivity contribution in [1.29, 1.82) is 0 Å². The maximum absolute atomic E-state index is 12.7. The first-order valence-corrected chi connectivity index (χ1v) is 8.69. The summed E-state index contributed by atoms with van der Waals surface area (Å²) in [5.41, 5.74) is 2.36. The van der Waals surface area contributed by atoms with Crippen molar-refractivity contribution in [3.05, 3.63) is 18.3 Å². The molecule has 2 aliphatic rings. The summed E-state index contributed by atoms with van der Waals surface area (Å²) in [7, 11) is -3.54. The van der Waals surface area contributed by atoms with Gasteiger partial charge >= 0.3 is 0 Å². The van der Waals surface area contributed by atoms with Crippen molar-refractivity contribution in [3.63, 3.8) is 0 Å². The number of hydrogen-bond donors (Lipinski definition) is 2. The van der Waals surface area contributed by atoms with Gasteiger partial charge in [-0.25, -0.2) is 19.2 Å². The van der Waals surface area contributed by atoms with Gasteiger partial charge in [0.05, 0.1) is 0 Å². The monoisotopic (exact) mass is 311 g/mol. The Kier molecular flexibility index (Phi) is 4.12. The van der Waals surface area contributed by atoms with Gasteiger partial charge in [0.15, 0.2) is 5.82 Å². The van der Waals surface area contributed by atoms with Gasteiger partial charge in [-0.15, -0.1) is 0 Å². The minimum absolute atomic E-state index is 0.142.